The predicted molar refractivity (Wildman–Crippen MR) is 100.0 cm³/mol. The normalized spacial score (nSPS) is 49.1. The summed E-state index contributed by atoms with van der Waals surface area (Å²) in [6.45, 7) is 13.3. The summed E-state index contributed by atoms with van der Waals surface area (Å²) in [5.74, 6) is 3.30. The van der Waals surface area contributed by atoms with E-state index in [1.807, 2.05) is 6.08 Å². The Hall–Kier alpha value is -1.18. The number of carbonyl (C=O) groups is 2. The fourth-order valence-corrected chi connectivity index (χ4v) is 7.79. The minimum Gasteiger partial charge on any atom is -0.300 e. The first-order valence-electron chi connectivity index (χ1n) is 10.1. The topological polar surface area (TPSA) is 34.1 Å². The van der Waals surface area contributed by atoms with Gasteiger partial charge in [0.2, 0.25) is 0 Å². The van der Waals surface area contributed by atoms with Crippen molar-refractivity contribution in [1.29, 1.82) is 0 Å². The maximum Gasteiger partial charge on any atom is 0.156 e. The Bertz CT molecular complexity index is 686. The smallest absolute Gasteiger partial charge is 0.156 e. The highest BCUT2D eigenvalue weighted by Gasteiger charge is 2.61. The molecule has 2 heteroatoms. The first-order chi connectivity index (χ1) is 11.7. The molecular formula is C23H32O2. The van der Waals surface area contributed by atoms with Crippen molar-refractivity contribution in [3.8, 4) is 0 Å². The van der Waals surface area contributed by atoms with Crippen molar-refractivity contribution in [2.45, 2.75) is 66.2 Å². The minimum absolute atomic E-state index is 0.118. The van der Waals surface area contributed by atoms with Crippen molar-refractivity contribution in [3.05, 3.63) is 23.8 Å². The van der Waals surface area contributed by atoms with Crippen LogP contribution in [0.5, 0.6) is 0 Å². The van der Waals surface area contributed by atoms with Crippen molar-refractivity contribution < 1.29 is 9.59 Å². The lowest BCUT2D eigenvalue weighted by Crippen LogP contribution is -2.51. The van der Waals surface area contributed by atoms with E-state index in [9.17, 15) is 9.59 Å². The average molecular weight is 341 g/mol. The third-order valence-electron chi connectivity index (χ3n) is 8.71. The maximum atomic E-state index is 12.4. The minimum atomic E-state index is 0.118. The molecule has 0 heterocycles. The summed E-state index contributed by atoms with van der Waals surface area (Å²) in [5, 5.41) is 0. The number of hydrogen-bond donors (Lipinski definition) is 0. The second kappa shape index (κ2) is 5.41. The van der Waals surface area contributed by atoms with Gasteiger partial charge in [0, 0.05) is 12.3 Å². The molecule has 0 unspecified atom stereocenters. The third kappa shape index (κ3) is 2.22. The number of allylic oxidation sites excluding steroid dienone is 2. The molecule has 3 fully saturated rings. The standard InChI is InChI=1S/C23H32O2/c1-13-10-17-18(22(4)8-6-16(25)12-19(13)22)7-9-23(5)20(17)11-14(2)21(23)15(3)24/h12,14,17-18,20-21H,1,6-11H2,2-5H3/t14-,17-,18+,20+,21-,22-,23+/m1/s1. The van der Waals surface area contributed by atoms with Crippen molar-refractivity contribution in [2.75, 3.05) is 0 Å². The van der Waals surface area contributed by atoms with Crippen LogP contribution in [-0.4, -0.2) is 11.6 Å². The Balaban J connectivity index is 1.74. The average Bonchev–Trinajstić information content (AvgIpc) is 2.80. The first kappa shape index (κ1) is 17.2. The molecule has 4 rings (SSSR count). The van der Waals surface area contributed by atoms with E-state index in [1.54, 1.807) is 6.92 Å². The van der Waals surface area contributed by atoms with E-state index in [2.05, 4.69) is 27.4 Å². The molecule has 4 aliphatic carbocycles. The van der Waals surface area contributed by atoms with Gasteiger partial charge in [-0.1, -0.05) is 32.9 Å². The van der Waals surface area contributed by atoms with E-state index >= 15 is 0 Å². The number of hydrogen-bond acceptors (Lipinski definition) is 2. The number of fused-ring (bicyclic) bond motifs is 5. The van der Waals surface area contributed by atoms with Gasteiger partial charge in [-0.15, -0.1) is 0 Å². The Kier molecular flexibility index (Phi) is 3.73. The van der Waals surface area contributed by atoms with Gasteiger partial charge in [0.25, 0.3) is 0 Å². The summed E-state index contributed by atoms with van der Waals surface area (Å²) < 4.78 is 0. The molecule has 0 aromatic heterocycles. The van der Waals surface area contributed by atoms with Crippen LogP contribution in [-0.2, 0) is 9.59 Å². The molecular weight excluding hydrogens is 308 g/mol. The molecule has 0 radical (unpaired) electrons. The molecule has 0 aromatic carbocycles. The third-order valence-corrected chi connectivity index (χ3v) is 8.71. The zero-order chi connectivity index (χ0) is 18.1. The first-order valence-corrected chi connectivity index (χ1v) is 10.1. The molecule has 136 valence electrons. The molecule has 0 amide bonds. The highest BCUT2D eigenvalue weighted by molar-refractivity contribution is 5.92. The Labute approximate surface area is 152 Å². The van der Waals surface area contributed by atoms with Gasteiger partial charge in [-0.05, 0) is 85.2 Å². The van der Waals surface area contributed by atoms with E-state index in [0.29, 0.717) is 35.9 Å². The fraction of sp³-hybridized carbons (Fsp3) is 0.739. The zero-order valence-corrected chi connectivity index (χ0v) is 16.2. The molecule has 0 aliphatic heterocycles. The molecule has 0 bridgehead atoms. The van der Waals surface area contributed by atoms with Crippen LogP contribution in [0.25, 0.3) is 0 Å². The molecule has 0 aromatic rings. The summed E-state index contributed by atoms with van der Waals surface area (Å²) in [4.78, 5) is 24.4. The fourth-order valence-electron chi connectivity index (χ4n) is 7.79. The van der Waals surface area contributed by atoms with E-state index in [4.69, 9.17) is 0 Å². The van der Waals surface area contributed by atoms with Crippen molar-refractivity contribution >= 4 is 11.6 Å². The van der Waals surface area contributed by atoms with Crippen LogP contribution in [0.15, 0.2) is 23.8 Å². The van der Waals surface area contributed by atoms with Crippen LogP contribution >= 0.6 is 0 Å². The number of ketones is 2. The monoisotopic (exact) mass is 340 g/mol. The molecule has 3 saturated carbocycles. The van der Waals surface area contributed by atoms with Gasteiger partial charge in [-0.2, -0.15) is 0 Å². The van der Waals surface area contributed by atoms with Gasteiger partial charge < -0.3 is 0 Å². The molecule has 0 N–H and O–H groups in total. The Morgan fingerprint density at radius 2 is 1.96 bits per heavy atom. The van der Waals surface area contributed by atoms with E-state index in [-0.39, 0.29) is 22.5 Å². The van der Waals surface area contributed by atoms with E-state index < -0.39 is 0 Å². The van der Waals surface area contributed by atoms with Gasteiger partial charge in [0.15, 0.2) is 5.78 Å². The lowest BCUT2D eigenvalue weighted by molar-refractivity contribution is -0.129. The molecule has 0 saturated heterocycles. The Morgan fingerprint density at radius 3 is 2.64 bits per heavy atom. The maximum absolute atomic E-state index is 12.4. The second-order valence-electron chi connectivity index (χ2n) is 9.97. The second-order valence-corrected chi connectivity index (χ2v) is 9.97. The van der Waals surface area contributed by atoms with E-state index in [1.165, 1.54) is 24.0 Å². The number of Topliss-reactive ketones (excluding diaryl/α,β-unsaturated/α-hetero) is 1. The SMILES string of the molecule is C=C1C[C@H]2[C@@H]3C[C@@H](C)[C@H](C(C)=O)[C@@]3(C)CC[C@@H]2[C@@]2(C)CCC(=O)C=C12. The summed E-state index contributed by atoms with van der Waals surface area (Å²) >= 11 is 0. The van der Waals surface area contributed by atoms with Gasteiger partial charge in [-0.25, -0.2) is 0 Å². The van der Waals surface area contributed by atoms with E-state index in [0.717, 1.165) is 19.3 Å². The van der Waals surface area contributed by atoms with Crippen molar-refractivity contribution in [3.63, 3.8) is 0 Å². The highest BCUT2D eigenvalue weighted by Crippen LogP contribution is 2.68. The Morgan fingerprint density at radius 1 is 1.24 bits per heavy atom. The quantitative estimate of drug-likeness (QED) is 0.662. The largest absolute Gasteiger partial charge is 0.300 e. The van der Waals surface area contributed by atoms with Crippen LogP contribution in [0.4, 0.5) is 0 Å². The summed E-state index contributed by atoms with van der Waals surface area (Å²) in [6.07, 6.45) is 8.14. The lowest BCUT2D eigenvalue weighted by atomic mass is 9.46. The number of rotatable bonds is 1. The van der Waals surface area contributed by atoms with Crippen molar-refractivity contribution in [1.82, 2.24) is 0 Å². The molecule has 2 nitrogen and oxygen atoms in total. The summed E-state index contributed by atoms with van der Waals surface area (Å²) in [7, 11) is 0. The summed E-state index contributed by atoms with van der Waals surface area (Å²) in [6, 6.07) is 0. The predicted octanol–water partition coefficient (Wildman–Crippen LogP) is 5.14. The summed E-state index contributed by atoms with van der Waals surface area (Å²) in [5.41, 5.74) is 2.73. The number of carbonyl (C=O) groups excluding carboxylic acids is 2. The van der Waals surface area contributed by atoms with Gasteiger partial charge in [-0.3, -0.25) is 9.59 Å². The van der Waals surface area contributed by atoms with Crippen LogP contribution in [0.3, 0.4) is 0 Å². The lowest BCUT2D eigenvalue weighted by Gasteiger charge is -2.58. The van der Waals surface area contributed by atoms with Crippen LogP contribution in [0, 0.1) is 40.4 Å². The molecule has 4 aliphatic rings. The van der Waals surface area contributed by atoms with Gasteiger partial charge in [0.05, 0.1) is 0 Å². The van der Waals surface area contributed by atoms with Crippen molar-refractivity contribution in [2.24, 2.45) is 40.4 Å². The highest BCUT2D eigenvalue weighted by atomic mass is 16.1. The van der Waals surface area contributed by atoms with Gasteiger partial charge >= 0.3 is 0 Å². The van der Waals surface area contributed by atoms with Crippen LogP contribution in [0.1, 0.15) is 66.2 Å². The van der Waals surface area contributed by atoms with Gasteiger partial charge in [0.1, 0.15) is 5.78 Å². The van der Waals surface area contributed by atoms with Crippen LogP contribution < -0.4 is 0 Å². The van der Waals surface area contributed by atoms with Crippen LogP contribution in [0.2, 0.25) is 0 Å². The molecule has 0 spiro atoms. The molecule has 7 atom stereocenters. The zero-order valence-electron chi connectivity index (χ0n) is 16.2. The molecule has 25 heavy (non-hydrogen) atoms.